The molecule has 4 heteroatoms. The van der Waals surface area contributed by atoms with Crippen LogP contribution in [0.4, 0.5) is 5.69 Å². The van der Waals surface area contributed by atoms with Gasteiger partial charge in [0.15, 0.2) is 0 Å². The monoisotopic (exact) mass is 276 g/mol. The SMILES string of the molecule is CCCCNC(=O)CN(C(C)=O)c1ccccc1CC. The number of hydrogen-bond acceptors (Lipinski definition) is 2. The van der Waals surface area contributed by atoms with Crippen LogP contribution in [0.15, 0.2) is 24.3 Å². The Hall–Kier alpha value is -1.84. The smallest absolute Gasteiger partial charge is 0.240 e. The molecule has 0 bridgehead atoms. The number of aryl methyl sites for hydroxylation is 1. The van der Waals surface area contributed by atoms with Crippen LogP contribution in [0.5, 0.6) is 0 Å². The second-order valence-electron chi connectivity index (χ2n) is 4.79. The third-order valence-corrected chi connectivity index (χ3v) is 3.20. The lowest BCUT2D eigenvalue weighted by atomic mass is 10.1. The van der Waals surface area contributed by atoms with E-state index in [1.165, 1.54) is 6.92 Å². The Balaban J connectivity index is 2.79. The van der Waals surface area contributed by atoms with Crippen molar-refractivity contribution in [3.8, 4) is 0 Å². The summed E-state index contributed by atoms with van der Waals surface area (Å²) >= 11 is 0. The Morgan fingerprint density at radius 3 is 2.50 bits per heavy atom. The highest BCUT2D eigenvalue weighted by Crippen LogP contribution is 2.20. The van der Waals surface area contributed by atoms with Gasteiger partial charge in [-0.05, 0) is 24.5 Å². The number of unbranched alkanes of at least 4 members (excludes halogenated alkanes) is 1. The van der Waals surface area contributed by atoms with Gasteiger partial charge in [-0.2, -0.15) is 0 Å². The van der Waals surface area contributed by atoms with Crippen molar-refractivity contribution in [3.63, 3.8) is 0 Å². The number of carbonyl (C=O) groups is 2. The molecule has 1 rings (SSSR count). The number of nitrogens with zero attached hydrogens (tertiary/aromatic N) is 1. The Kier molecular flexibility index (Phi) is 6.77. The third-order valence-electron chi connectivity index (χ3n) is 3.20. The van der Waals surface area contributed by atoms with Crippen molar-refractivity contribution >= 4 is 17.5 Å². The Morgan fingerprint density at radius 2 is 1.90 bits per heavy atom. The molecule has 20 heavy (non-hydrogen) atoms. The molecular weight excluding hydrogens is 252 g/mol. The summed E-state index contributed by atoms with van der Waals surface area (Å²) < 4.78 is 0. The van der Waals surface area contributed by atoms with E-state index in [2.05, 4.69) is 12.2 Å². The fourth-order valence-corrected chi connectivity index (χ4v) is 2.04. The molecule has 0 aliphatic rings. The van der Waals surface area contributed by atoms with E-state index < -0.39 is 0 Å². The molecule has 0 saturated heterocycles. The van der Waals surface area contributed by atoms with E-state index in [4.69, 9.17) is 0 Å². The zero-order valence-electron chi connectivity index (χ0n) is 12.6. The molecule has 0 heterocycles. The maximum absolute atomic E-state index is 11.9. The highest BCUT2D eigenvalue weighted by Gasteiger charge is 2.17. The number of amides is 2. The Labute approximate surface area is 121 Å². The van der Waals surface area contributed by atoms with Crippen molar-refractivity contribution in [1.82, 2.24) is 5.32 Å². The fraction of sp³-hybridized carbons (Fsp3) is 0.500. The summed E-state index contributed by atoms with van der Waals surface area (Å²) in [4.78, 5) is 25.3. The van der Waals surface area contributed by atoms with Crippen molar-refractivity contribution in [2.24, 2.45) is 0 Å². The minimum atomic E-state index is -0.114. The summed E-state index contributed by atoms with van der Waals surface area (Å²) in [5.41, 5.74) is 1.90. The van der Waals surface area contributed by atoms with Gasteiger partial charge in [0, 0.05) is 19.2 Å². The first kappa shape index (κ1) is 16.2. The van der Waals surface area contributed by atoms with E-state index in [1.807, 2.05) is 31.2 Å². The fourth-order valence-electron chi connectivity index (χ4n) is 2.04. The van der Waals surface area contributed by atoms with Crippen molar-refractivity contribution in [2.75, 3.05) is 18.0 Å². The van der Waals surface area contributed by atoms with E-state index in [1.54, 1.807) is 4.90 Å². The molecule has 0 radical (unpaired) electrons. The predicted octanol–water partition coefficient (Wildman–Crippen LogP) is 2.52. The van der Waals surface area contributed by atoms with Crippen LogP contribution < -0.4 is 10.2 Å². The average Bonchev–Trinajstić information content (AvgIpc) is 2.44. The van der Waals surface area contributed by atoms with E-state index >= 15 is 0 Å². The highest BCUT2D eigenvalue weighted by molar-refractivity contribution is 5.98. The summed E-state index contributed by atoms with van der Waals surface area (Å²) in [6, 6.07) is 7.71. The molecule has 0 fully saturated rings. The molecule has 1 N–H and O–H groups in total. The number of carbonyl (C=O) groups excluding carboxylic acids is 2. The summed E-state index contributed by atoms with van der Waals surface area (Å²) in [6.07, 6.45) is 2.82. The number of anilines is 1. The summed E-state index contributed by atoms with van der Waals surface area (Å²) in [7, 11) is 0. The zero-order valence-corrected chi connectivity index (χ0v) is 12.6. The second-order valence-corrected chi connectivity index (χ2v) is 4.79. The molecule has 0 aromatic heterocycles. The molecule has 0 atom stereocenters. The first-order valence-electron chi connectivity index (χ1n) is 7.22. The van der Waals surface area contributed by atoms with Crippen molar-refractivity contribution in [2.45, 2.75) is 40.0 Å². The molecule has 0 saturated carbocycles. The van der Waals surface area contributed by atoms with Crippen molar-refractivity contribution in [1.29, 1.82) is 0 Å². The van der Waals surface area contributed by atoms with Crippen molar-refractivity contribution < 1.29 is 9.59 Å². The third kappa shape index (κ3) is 4.68. The van der Waals surface area contributed by atoms with Gasteiger partial charge in [-0.25, -0.2) is 0 Å². The zero-order chi connectivity index (χ0) is 15.0. The van der Waals surface area contributed by atoms with Crippen LogP contribution in [0.2, 0.25) is 0 Å². The Bertz CT molecular complexity index is 458. The quantitative estimate of drug-likeness (QED) is 0.778. The van der Waals surface area contributed by atoms with Crippen LogP contribution in [0.25, 0.3) is 0 Å². The largest absolute Gasteiger partial charge is 0.355 e. The van der Waals surface area contributed by atoms with Gasteiger partial charge in [0.05, 0.1) is 0 Å². The second kappa shape index (κ2) is 8.35. The number of rotatable bonds is 7. The van der Waals surface area contributed by atoms with Gasteiger partial charge in [-0.15, -0.1) is 0 Å². The van der Waals surface area contributed by atoms with Gasteiger partial charge in [0.1, 0.15) is 6.54 Å². The van der Waals surface area contributed by atoms with Gasteiger partial charge in [0.2, 0.25) is 11.8 Å². The lowest BCUT2D eigenvalue weighted by Crippen LogP contribution is -2.40. The van der Waals surface area contributed by atoms with Crippen LogP contribution >= 0.6 is 0 Å². The molecular formula is C16H24N2O2. The topological polar surface area (TPSA) is 49.4 Å². The van der Waals surface area contributed by atoms with Crippen LogP contribution in [-0.4, -0.2) is 24.9 Å². The van der Waals surface area contributed by atoms with Gasteiger partial charge >= 0.3 is 0 Å². The van der Waals surface area contributed by atoms with Crippen LogP contribution in [0, 0.1) is 0 Å². The molecule has 1 aromatic carbocycles. The van der Waals surface area contributed by atoms with Crippen LogP contribution in [-0.2, 0) is 16.0 Å². The van der Waals surface area contributed by atoms with E-state index in [9.17, 15) is 9.59 Å². The number of benzene rings is 1. The van der Waals surface area contributed by atoms with Crippen LogP contribution in [0.1, 0.15) is 39.2 Å². The lowest BCUT2D eigenvalue weighted by Gasteiger charge is -2.23. The first-order chi connectivity index (χ1) is 9.60. The first-order valence-corrected chi connectivity index (χ1v) is 7.22. The lowest BCUT2D eigenvalue weighted by molar-refractivity contribution is -0.123. The van der Waals surface area contributed by atoms with Crippen LogP contribution in [0.3, 0.4) is 0 Å². The van der Waals surface area contributed by atoms with Crippen molar-refractivity contribution in [3.05, 3.63) is 29.8 Å². The van der Waals surface area contributed by atoms with Gasteiger partial charge in [-0.1, -0.05) is 38.5 Å². The normalized spacial score (nSPS) is 10.2. The number of nitrogens with one attached hydrogen (secondary N) is 1. The van der Waals surface area contributed by atoms with Gasteiger partial charge < -0.3 is 10.2 Å². The van der Waals surface area contributed by atoms with E-state index in [0.717, 1.165) is 30.5 Å². The van der Waals surface area contributed by atoms with E-state index in [-0.39, 0.29) is 18.4 Å². The molecule has 110 valence electrons. The summed E-state index contributed by atoms with van der Waals surface area (Å²) in [5.74, 6) is -0.226. The van der Waals surface area contributed by atoms with Gasteiger partial charge in [0.25, 0.3) is 0 Å². The minimum absolute atomic E-state index is 0.0794. The number of para-hydroxylation sites is 1. The molecule has 0 spiro atoms. The highest BCUT2D eigenvalue weighted by atomic mass is 16.2. The molecule has 0 aliphatic carbocycles. The molecule has 1 aromatic rings. The molecule has 0 aliphatic heterocycles. The van der Waals surface area contributed by atoms with E-state index in [0.29, 0.717) is 6.54 Å². The molecule has 4 nitrogen and oxygen atoms in total. The Morgan fingerprint density at radius 1 is 1.20 bits per heavy atom. The standard InChI is InChI=1S/C16H24N2O2/c1-4-6-11-17-16(20)12-18(13(3)19)15-10-8-7-9-14(15)5-2/h7-10H,4-6,11-12H2,1-3H3,(H,17,20). The summed E-state index contributed by atoms with van der Waals surface area (Å²) in [6.45, 7) is 6.35. The summed E-state index contributed by atoms with van der Waals surface area (Å²) in [5, 5.41) is 2.84. The number of hydrogen-bond donors (Lipinski definition) is 1. The molecule has 2 amide bonds. The maximum atomic E-state index is 11.9. The predicted molar refractivity (Wildman–Crippen MR) is 81.8 cm³/mol. The van der Waals surface area contributed by atoms with Gasteiger partial charge in [-0.3, -0.25) is 9.59 Å². The average molecular weight is 276 g/mol. The minimum Gasteiger partial charge on any atom is -0.355 e. The molecule has 0 unspecified atom stereocenters. The maximum Gasteiger partial charge on any atom is 0.240 e.